The largest absolute Gasteiger partial charge is 0.481 e. The molecule has 1 saturated carbocycles. The summed E-state index contributed by atoms with van der Waals surface area (Å²) in [6.07, 6.45) is 3.73. The van der Waals surface area contributed by atoms with Gasteiger partial charge in [-0.2, -0.15) is 0 Å². The van der Waals surface area contributed by atoms with Crippen molar-refractivity contribution in [1.82, 2.24) is 5.43 Å². The van der Waals surface area contributed by atoms with E-state index in [2.05, 4.69) is 5.43 Å². The molecule has 0 bridgehead atoms. The highest BCUT2D eigenvalue weighted by Gasteiger charge is 2.29. The Balaban J connectivity index is 2.51. The van der Waals surface area contributed by atoms with Crippen LogP contribution in [-0.2, 0) is 4.79 Å². The van der Waals surface area contributed by atoms with Gasteiger partial charge in [-0.1, -0.05) is 12.8 Å². The summed E-state index contributed by atoms with van der Waals surface area (Å²) in [5.41, 5.74) is 2.55. The molecule has 0 aromatic carbocycles. The summed E-state index contributed by atoms with van der Waals surface area (Å²) in [6, 6.07) is -0.0266. The highest BCUT2D eigenvalue weighted by molar-refractivity contribution is 5.71. The van der Waals surface area contributed by atoms with Crippen molar-refractivity contribution in [2.45, 2.75) is 31.7 Å². The quantitative estimate of drug-likeness (QED) is 0.393. The van der Waals surface area contributed by atoms with Gasteiger partial charge >= 0.3 is 5.97 Å². The van der Waals surface area contributed by atoms with E-state index in [0.29, 0.717) is 0 Å². The molecule has 1 aliphatic carbocycles. The maximum atomic E-state index is 10.6. The first-order chi connectivity index (χ1) is 5.25. The summed E-state index contributed by atoms with van der Waals surface area (Å²) in [5.74, 6) is 4.21. The predicted octanol–water partition coefficient (Wildman–Crippen LogP) is 0.0931. The lowest BCUT2D eigenvalue weighted by atomic mass is 9.85. The molecular formula is C7H14N2O2. The number of carboxylic acid groups (broad SMARTS) is 1. The predicted molar refractivity (Wildman–Crippen MR) is 40.7 cm³/mol. The molecule has 0 saturated heterocycles. The zero-order chi connectivity index (χ0) is 8.27. The fourth-order valence-corrected chi connectivity index (χ4v) is 1.63. The van der Waals surface area contributed by atoms with Gasteiger partial charge in [0.1, 0.15) is 0 Å². The van der Waals surface area contributed by atoms with Crippen LogP contribution in [0.15, 0.2) is 0 Å². The van der Waals surface area contributed by atoms with Gasteiger partial charge in [0.05, 0.1) is 5.92 Å². The first-order valence-corrected chi connectivity index (χ1v) is 3.94. The van der Waals surface area contributed by atoms with Gasteiger partial charge in [-0.05, 0) is 12.8 Å². The Morgan fingerprint density at radius 3 is 2.55 bits per heavy atom. The van der Waals surface area contributed by atoms with Crippen LogP contribution in [0.4, 0.5) is 0 Å². The van der Waals surface area contributed by atoms with E-state index in [9.17, 15) is 4.79 Å². The number of aliphatic carboxylic acids is 1. The van der Waals surface area contributed by atoms with E-state index >= 15 is 0 Å². The average molecular weight is 158 g/mol. The summed E-state index contributed by atoms with van der Waals surface area (Å²) in [4.78, 5) is 10.6. The van der Waals surface area contributed by atoms with Gasteiger partial charge in [-0.3, -0.25) is 16.1 Å². The van der Waals surface area contributed by atoms with E-state index in [4.69, 9.17) is 10.9 Å². The van der Waals surface area contributed by atoms with E-state index in [1.54, 1.807) is 0 Å². The van der Waals surface area contributed by atoms with E-state index in [-0.39, 0.29) is 12.0 Å². The molecule has 0 aliphatic heterocycles. The van der Waals surface area contributed by atoms with Crippen LogP contribution in [0, 0.1) is 5.92 Å². The molecular weight excluding hydrogens is 144 g/mol. The Morgan fingerprint density at radius 1 is 1.45 bits per heavy atom. The third-order valence-electron chi connectivity index (χ3n) is 2.30. The summed E-state index contributed by atoms with van der Waals surface area (Å²) < 4.78 is 0. The van der Waals surface area contributed by atoms with Crippen molar-refractivity contribution in [3.05, 3.63) is 0 Å². The van der Waals surface area contributed by atoms with E-state index in [1.807, 2.05) is 0 Å². The maximum Gasteiger partial charge on any atom is 0.308 e. The third-order valence-corrected chi connectivity index (χ3v) is 2.30. The smallest absolute Gasteiger partial charge is 0.308 e. The van der Waals surface area contributed by atoms with Crippen molar-refractivity contribution in [3.8, 4) is 0 Å². The van der Waals surface area contributed by atoms with Crippen molar-refractivity contribution in [2.75, 3.05) is 0 Å². The molecule has 64 valence electrons. The Morgan fingerprint density at radius 2 is 2.09 bits per heavy atom. The van der Waals surface area contributed by atoms with Gasteiger partial charge in [-0.25, -0.2) is 0 Å². The lowest BCUT2D eigenvalue weighted by Crippen LogP contribution is -2.45. The molecule has 0 radical (unpaired) electrons. The van der Waals surface area contributed by atoms with Gasteiger partial charge in [0, 0.05) is 6.04 Å². The first kappa shape index (κ1) is 8.49. The molecule has 0 aromatic rings. The Kier molecular flexibility index (Phi) is 2.84. The van der Waals surface area contributed by atoms with Crippen LogP contribution in [0.25, 0.3) is 0 Å². The molecule has 0 amide bonds. The molecule has 2 unspecified atom stereocenters. The summed E-state index contributed by atoms with van der Waals surface area (Å²) >= 11 is 0. The second kappa shape index (κ2) is 3.69. The molecule has 1 aliphatic rings. The molecule has 1 fully saturated rings. The Bertz CT molecular complexity index is 149. The third kappa shape index (κ3) is 1.91. The van der Waals surface area contributed by atoms with Crippen molar-refractivity contribution < 1.29 is 9.90 Å². The first-order valence-electron chi connectivity index (χ1n) is 3.94. The zero-order valence-corrected chi connectivity index (χ0v) is 6.42. The van der Waals surface area contributed by atoms with Crippen LogP contribution >= 0.6 is 0 Å². The van der Waals surface area contributed by atoms with Crippen molar-refractivity contribution in [3.63, 3.8) is 0 Å². The number of carbonyl (C=O) groups is 1. The number of hydrogen-bond donors (Lipinski definition) is 3. The van der Waals surface area contributed by atoms with Crippen LogP contribution in [0.3, 0.4) is 0 Å². The molecule has 4 nitrogen and oxygen atoms in total. The van der Waals surface area contributed by atoms with E-state index < -0.39 is 5.97 Å². The van der Waals surface area contributed by atoms with Crippen LogP contribution in [0.2, 0.25) is 0 Å². The number of hydrazine groups is 1. The average Bonchev–Trinajstić information content (AvgIpc) is 2.04. The van der Waals surface area contributed by atoms with Gasteiger partial charge in [0.15, 0.2) is 0 Å². The fourth-order valence-electron chi connectivity index (χ4n) is 1.63. The maximum absolute atomic E-state index is 10.6. The lowest BCUT2D eigenvalue weighted by molar-refractivity contribution is -0.143. The second-order valence-electron chi connectivity index (χ2n) is 3.00. The minimum Gasteiger partial charge on any atom is -0.481 e. The van der Waals surface area contributed by atoms with Crippen molar-refractivity contribution in [2.24, 2.45) is 11.8 Å². The van der Waals surface area contributed by atoms with E-state index in [0.717, 1.165) is 25.7 Å². The molecule has 1 rings (SSSR count). The highest BCUT2D eigenvalue weighted by Crippen LogP contribution is 2.23. The topological polar surface area (TPSA) is 75.3 Å². The number of rotatable bonds is 2. The lowest BCUT2D eigenvalue weighted by Gasteiger charge is -2.27. The monoisotopic (exact) mass is 158 g/mol. The van der Waals surface area contributed by atoms with Crippen LogP contribution < -0.4 is 11.3 Å². The second-order valence-corrected chi connectivity index (χ2v) is 3.00. The number of nitrogens with two attached hydrogens (primary N) is 1. The number of hydrogen-bond acceptors (Lipinski definition) is 3. The summed E-state index contributed by atoms with van der Waals surface area (Å²) in [7, 11) is 0. The molecule has 4 heteroatoms. The highest BCUT2D eigenvalue weighted by atomic mass is 16.4. The van der Waals surface area contributed by atoms with Gasteiger partial charge in [-0.15, -0.1) is 0 Å². The number of carboxylic acids is 1. The Hall–Kier alpha value is -0.610. The minimum atomic E-state index is -0.729. The van der Waals surface area contributed by atoms with E-state index in [1.165, 1.54) is 0 Å². The molecule has 0 aromatic heterocycles. The number of nitrogens with one attached hydrogen (secondary N) is 1. The van der Waals surface area contributed by atoms with Gasteiger partial charge < -0.3 is 5.11 Å². The van der Waals surface area contributed by atoms with Crippen LogP contribution in [0.5, 0.6) is 0 Å². The van der Waals surface area contributed by atoms with Gasteiger partial charge in [0.25, 0.3) is 0 Å². The van der Waals surface area contributed by atoms with Crippen molar-refractivity contribution in [1.29, 1.82) is 0 Å². The van der Waals surface area contributed by atoms with Crippen molar-refractivity contribution >= 4 is 5.97 Å². The minimum absolute atomic E-state index is 0.0266. The molecule has 4 N–H and O–H groups in total. The standard InChI is InChI=1S/C7H14N2O2/c8-9-6-4-2-1-3-5(6)7(10)11/h5-6,9H,1-4,8H2,(H,10,11). The molecule has 0 heterocycles. The summed E-state index contributed by atoms with van der Waals surface area (Å²) in [6.45, 7) is 0. The normalized spacial score (nSPS) is 31.7. The van der Waals surface area contributed by atoms with Crippen LogP contribution in [0.1, 0.15) is 25.7 Å². The molecule has 0 spiro atoms. The molecule has 11 heavy (non-hydrogen) atoms. The zero-order valence-electron chi connectivity index (χ0n) is 6.42. The van der Waals surface area contributed by atoms with Gasteiger partial charge in [0.2, 0.25) is 0 Å². The molecule has 2 atom stereocenters. The SMILES string of the molecule is NNC1CCCCC1C(=O)O. The van der Waals surface area contributed by atoms with Crippen LogP contribution in [-0.4, -0.2) is 17.1 Å². The fraction of sp³-hybridized carbons (Fsp3) is 0.857. The Labute approximate surface area is 65.7 Å². The summed E-state index contributed by atoms with van der Waals surface area (Å²) in [5, 5.41) is 8.74.